The highest BCUT2D eigenvalue weighted by atomic mass is 31.2. The Hall–Kier alpha value is -2.68. The van der Waals surface area contributed by atoms with Crippen molar-refractivity contribution >= 4 is 19.5 Å². The van der Waals surface area contributed by atoms with E-state index < -0.39 is 37.3 Å². The molecule has 32 heavy (non-hydrogen) atoms. The normalized spacial score (nSPS) is 12.8. The van der Waals surface area contributed by atoms with E-state index in [1.165, 1.54) is 38.5 Å². The number of hydrogen-bond acceptors (Lipinski definition) is 6. The lowest BCUT2D eigenvalue weighted by molar-refractivity contribution is -0.142. The molecule has 0 aliphatic rings. The Bertz CT molecular complexity index is 986. The summed E-state index contributed by atoms with van der Waals surface area (Å²) < 4.78 is 65.5. The quantitative estimate of drug-likeness (QED) is 0.434. The van der Waals surface area contributed by atoms with Crippen LogP contribution in [0.25, 0.3) is 0 Å². The topological polar surface area (TPSA) is 90.9 Å². The number of benzene rings is 2. The summed E-state index contributed by atoms with van der Waals surface area (Å²) in [5.74, 6) is -1.42. The second kappa shape index (κ2) is 10.8. The lowest BCUT2D eigenvalue weighted by Gasteiger charge is -2.18. The average Bonchev–Trinajstić information content (AvgIpc) is 2.78. The minimum atomic E-state index is -4.53. The fraction of sp³-hybridized carbons (Fsp3) is 0.333. The molecule has 1 atom stereocenters. The van der Waals surface area contributed by atoms with Crippen molar-refractivity contribution in [3.05, 3.63) is 70.8 Å². The summed E-state index contributed by atoms with van der Waals surface area (Å²) in [4.78, 5) is 24.7. The van der Waals surface area contributed by atoms with Crippen molar-refractivity contribution in [1.82, 2.24) is 5.32 Å². The molecule has 0 radical (unpaired) electrons. The van der Waals surface area contributed by atoms with Crippen molar-refractivity contribution in [2.75, 3.05) is 21.3 Å². The molecule has 2 aromatic rings. The first-order valence-corrected chi connectivity index (χ1v) is 11.1. The third-order valence-electron chi connectivity index (χ3n) is 4.63. The van der Waals surface area contributed by atoms with Gasteiger partial charge in [0.05, 0.1) is 18.8 Å². The third kappa shape index (κ3) is 6.91. The molecule has 1 amide bonds. The number of amides is 1. The van der Waals surface area contributed by atoms with Gasteiger partial charge in [-0.3, -0.25) is 9.36 Å². The van der Waals surface area contributed by atoms with Gasteiger partial charge in [0, 0.05) is 26.2 Å². The van der Waals surface area contributed by atoms with Gasteiger partial charge < -0.3 is 19.1 Å². The van der Waals surface area contributed by atoms with Crippen molar-refractivity contribution in [3.8, 4) is 0 Å². The van der Waals surface area contributed by atoms with Gasteiger partial charge in [0.1, 0.15) is 6.04 Å². The van der Waals surface area contributed by atoms with E-state index in [0.717, 1.165) is 19.2 Å². The Kier molecular flexibility index (Phi) is 8.60. The van der Waals surface area contributed by atoms with Gasteiger partial charge in [-0.25, -0.2) is 4.79 Å². The Morgan fingerprint density at radius 2 is 1.62 bits per heavy atom. The smallest absolute Gasteiger partial charge is 0.416 e. The molecule has 0 aliphatic carbocycles. The number of ether oxygens (including phenoxy) is 1. The van der Waals surface area contributed by atoms with Crippen LogP contribution in [0.3, 0.4) is 0 Å². The van der Waals surface area contributed by atoms with Gasteiger partial charge >= 0.3 is 19.7 Å². The fourth-order valence-electron chi connectivity index (χ4n) is 2.88. The Morgan fingerprint density at radius 1 is 1.00 bits per heavy atom. The maximum absolute atomic E-state index is 12.9. The number of carbonyl (C=O) groups is 2. The molecule has 2 aromatic carbocycles. The van der Waals surface area contributed by atoms with E-state index in [-0.39, 0.29) is 23.7 Å². The standard InChI is InChI=1S/C21H23F3NO6P/c1-29-20(27)18(12-15-5-4-6-17(11-15)21(22,23)24)25-19(26)16-9-7-14(8-10-16)13-32(28,30-2)31-3/h4-11,18H,12-13H2,1-3H3,(H,25,26)/t18-/m1/s1. The van der Waals surface area contributed by atoms with E-state index in [1.54, 1.807) is 12.1 Å². The van der Waals surface area contributed by atoms with Crippen molar-refractivity contribution in [3.63, 3.8) is 0 Å². The van der Waals surface area contributed by atoms with E-state index in [2.05, 4.69) is 10.1 Å². The molecule has 0 aromatic heterocycles. The molecule has 2 rings (SSSR count). The van der Waals surface area contributed by atoms with Crippen LogP contribution in [0.2, 0.25) is 0 Å². The average molecular weight is 473 g/mol. The van der Waals surface area contributed by atoms with Crippen LogP contribution in [0.5, 0.6) is 0 Å². The fourth-order valence-corrected chi connectivity index (χ4v) is 3.94. The van der Waals surface area contributed by atoms with Crippen LogP contribution >= 0.6 is 7.60 Å². The zero-order chi connectivity index (χ0) is 23.9. The highest BCUT2D eigenvalue weighted by Crippen LogP contribution is 2.49. The van der Waals surface area contributed by atoms with E-state index in [0.29, 0.717) is 5.56 Å². The van der Waals surface area contributed by atoms with Gasteiger partial charge in [0.2, 0.25) is 0 Å². The number of halogens is 3. The second-order valence-electron chi connectivity index (χ2n) is 6.78. The highest BCUT2D eigenvalue weighted by molar-refractivity contribution is 7.52. The van der Waals surface area contributed by atoms with Crippen LogP contribution in [0, 0.1) is 0 Å². The first-order chi connectivity index (χ1) is 15.0. The van der Waals surface area contributed by atoms with Crippen molar-refractivity contribution < 1.29 is 41.1 Å². The summed E-state index contributed by atoms with van der Waals surface area (Å²) in [5, 5.41) is 2.48. The molecule has 174 valence electrons. The molecule has 1 N–H and O–H groups in total. The number of hydrogen-bond donors (Lipinski definition) is 1. The summed E-state index contributed by atoms with van der Waals surface area (Å²) in [6.45, 7) is 0. The largest absolute Gasteiger partial charge is 0.467 e. The number of methoxy groups -OCH3 is 1. The number of carbonyl (C=O) groups excluding carboxylic acids is 2. The van der Waals surface area contributed by atoms with Gasteiger partial charge in [-0.2, -0.15) is 13.2 Å². The van der Waals surface area contributed by atoms with Crippen LogP contribution in [-0.2, 0) is 41.9 Å². The van der Waals surface area contributed by atoms with Gasteiger partial charge in [-0.15, -0.1) is 0 Å². The third-order valence-corrected chi connectivity index (χ3v) is 6.50. The van der Waals surface area contributed by atoms with Crippen LogP contribution in [0.4, 0.5) is 13.2 Å². The maximum Gasteiger partial charge on any atom is 0.416 e. The highest BCUT2D eigenvalue weighted by Gasteiger charge is 2.31. The van der Waals surface area contributed by atoms with Crippen molar-refractivity contribution in [2.45, 2.75) is 24.8 Å². The molecule has 0 unspecified atom stereocenters. The first-order valence-electron chi connectivity index (χ1n) is 9.35. The molecule has 0 aliphatic heterocycles. The van der Waals surface area contributed by atoms with E-state index in [1.807, 2.05) is 0 Å². The Labute approximate surface area is 183 Å². The van der Waals surface area contributed by atoms with Crippen molar-refractivity contribution in [1.29, 1.82) is 0 Å². The lowest BCUT2D eigenvalue weighted by Crippen LogP contribution is -2.43. The van der Waals surface area contributed by atoms with Gasteiger partial charge in [-0.05, 0) is 29.3 Å². The molecular weight excluding hydrogens is 450 g/mol. The van der Waals surface area contributed by atoms with Crippen LogP contribution in [-0.4, -0.2) is 39.2 Å². The van der Waals surface area contributed by atoms with Gasteiger partial charge in [0.15, 0.2) is 0 Å². The summed E-state index contributed by atoms with van der Waals surface area (Å²) in [5.41, 5.74) is 0.143. The lowest BCUT2D eigenvalue weighted by atomic mass is 10.0. The minimum absolute atomic E-state index is 0.00221. The molecule has 11 heteroatoms. The van der Waals surface area contributed by atoms with E-state index >= 15 is 0 Å². The molecule has 0 saturated heterocycles. The van der Waals surface area contributed by atoms with Gasteiger partial charge in [0.25, 0.3) is 5.91 Å². The summed E-state index contributed by atoms with van der Waals surface area (Å²) in [6, 6.07) is 9.32. The zero-order valence-corrected chi connectivity index (χ0v) is 18.5. The predicted octanol–water partition coefficient (Wildman–Crippen LogP) is 4.21. The molecule has 7 nitrogen and oxygen atoms in total. The minimum Gasteiger partial charge on any atom is -0.467 e. The molecular formula is C21H23F3NO6P. The first kappa shape index (κ1) is 25.6. The van der Waals surface area contributed by atoms with Gasteiger partial charge in [-0.1, -0.05) is 30.3 Å². The molecule has 0 spiro atoms. The SMILES string of the molecule is COC(=O)[C@@H](Cc1cccc(C(F)(F)F)c1)NC(=O)c1ccc(CP(=O)(OC)OC)cc1. The molecule has 0 heterocycles. The Balaban J connectivity index is 2.15. The van der Waals surface area contributed by atoms with Crippen LogP contribution < -0.4 is 5.32 Å². The van der Waals surface area contributed by atoms with Crippen LogP contribution in [0.1, 0.15) is 27.0 Å². The van der Waals surface area contributed by atoms with E-state index in [4.69, 9.17) is 9.05 Å². The number of rotatable bonds is 9. The number of alkyl halides is 3. The number of esters is 1. The number of nitrogens with one attached hydrogen (secondary N) is 1. The summed E-state index contributed by atoms with van der Waals surface area (Å²) in [7, 11) is 0.373. The zero-order valence-electron chi connectivity index (χ0n) is 17.6. The predicted molar refractivity (Wildman–Crippen MR) is 110 cm³/mol. The Morgan fingerprint density at radius 3 is 2.16 bits per heavy atom. The maximum atomic E-state index is 12.9. The molecule has 0 saturated carbocycles. The van der Waals surface area contributed by atoms with E-state index in [9.17, 15) is 27.3 Å². The molecule has 0 bridgehead atoms. The second-order valence-corrected chi connectivity index (χ2v) is 9.05. The monoisotopic (exact) mass is 473 g/mol. The van der Waals surface area contributed by atoms with Crippen LogP contribution in [0.15, 0.2) is 48.5 Å². The summed E-state index contributed by atoms with van der Waals surface area (Å²) in [6.07, 6.45) is -4.72. The molecule has 0 fully saturated rings. The van der Waals surface area contributed by atoms with Crippen molar-refractivity contribution in [2.24, 2.45) is 0 Å². The summed E-state index contributed by atoms with van der Waals surface area (Å²) >= 11 is 0.